The summed E-state index contributed by atoms with van der Waals surface area (Å²) in [4.78, 5) is 15.8. The van der Waals surface area contributed by atoms with Gasteiger partial charge in [0.25, 0.3) is 0 Å². The van der Waals surface area contributed by atoms with E-state index in [-0.39, 0.29) is 0 Å². The second kappa shape index (κ2) is 8.84. The van der Waals surface area contributed by atoms with E-state index in [0.717, 1.165) is 22.5 Å². The Labute approximate surface area is 189 Å². The number of nitrogens with zero attached hydrogens (tertiary/aromatic N) is 5. The van der Waals surface area contributed by atoms with Crippen molar-refractivity contribution in [1.82, 2.24) is 19.3 Å². The fourth-order valence-corrected chi connectivity index (χ4v) is 5.57. The van der Waals surface area contributed by atoms with Crippen LogP contribution in [0.1, 0.15) is 22.5 Å². The molecule has 1 saturated heterocycles. The molecule has 2 aromatic heterocycles. The monoisotopic (exact) mass is 452 g/mol. The topological polar surface area (TPSA) is 91.3 Å². The predicted molar refractivity (Wildman–Crippen MR) is 126 cm³/mol. The van der Waals surface area contributed by atoms with Crippen LogP contribution in [0.25, 0.3) is 0 Å². The number of piperazine rings is 1. The van der Waals surface area contributed by atoms with E-state index in [9.17, 15) is 8.42 Å². The van der Waals surface area contributed by atoms with Gasteiger partial charge in [0.05, 0.1) is 4.90 Å². The molecule has 0 unspecified atom stereocenters. The molecular formula is C23H28N6O2S. The zero-order valence-electron chi connectivity index (χ0n) is 18.8. The Morgan fingerprint density at radius 3 is 2.25 bits per heavy atom. The molecule has 0 radical (unpaired) electrons. The van der Waals surface area contributed by atoms with Crippen molar-refractivity contribution in [2.45, 2.75) is 32.6 Å². The molecule has 1 aliphatic rings. The molecular weight excluding hydrogens is 424 g/mol. The fraction of sp³-hybridized carbons (Fsp3) is 0.348. The summed E-state index contributed by atoms with van der Waals surface area (Å²) in [7, 11) is -3.54. The highest BCUT2D eigenvalue weighted by Crippen LogP contribution is 2.26. The molecule has 3 heterocycles. The van der Waals surface area contributed by atoms with Crippen molar-refractivity contribution in [3.63, 3.8) is 0 Å². The lowest BCUT2D eigenvalue weighted by Crippen LogP contribution is -2.49. The van der Waals surface area contributed by atoms with Crippen LogP contribution in [0.3, 0.4) is 0 Å². The highest BCUT2D eigenvalue weighted by Gasteiger charge is 2.30. The summed E-state index contributed by atoms with van der Waals surface area (Å²) in [5.74, 6) is 2.78. The summed E-state index contributed by atoms with van der Waals surface area (Å²) < 4.78 is 28.2. The molecule has 3 aromatic rings. The number of rotatable bonds is 5. The van der Waals surface area contributed by atoms with E-state index in [2.05, 4.69) is 25.2 Å². The van der Waals surface area contributed by atoms with Gasteiger partial charge in [0.1, 0.15) is 23.3 Å². The summed E-state index contributed by atoms with van der Waals surface area (Å²) >= 11 is 0. The minimum absolute atomic E-state index is 0.397. The van der Waals surface area contributed by atoms with Crippen LogP contribution < -0.4 is 10.2 Å². The SMILES string of the molecule is Cc1nc(Nc2ccccn2)cc(N2CCN(S(=O)(=O)c3cc(C)c(C)cc3C)CC2)n1. The van der Waals surface area contributed by atoms with Gasteiger partial charge in [-0.3, -0.25) is 0 Å². The van der Waals surface area contributed by atoms with Crippen molar-refractivity contribution >= 4 is 27.5 Å². The second-order valence-electron chi connectivity index (χ2n) is 8.09. The number of sulfonamides is 1. The first-order valence-corrected chi connectivity index (χ1v) is 12.0. The summed E-state index contributed by atoms with van der Waals surface area (Å²) in [5, 5.41) is 3.20. The molecule has 0 atom stereocenters. The maximum Gasteiger partial charge on any atom is 0.243 e. The van der Waals surface area contributed by atoms with Crippen LogP contribution >= 0.6 is 0 Å². The molecule has 1 aliphatic heterocycles. The average molecular weight is 453 g/mol. The van der Waals surface area contributed by atoms with Gasteiger partial charge in [-0.25, -0.2) is 23.4 Å². The Kier molecular flexibility index (Phi) is 6.12. The van der Waals surface area contributed by atoms with E-state index in [0.29, 0.717) is 48.5 Å². The standard InChI is InChI=1S/C23H28N6O2S/c1-16-13-18(3)20(14-17(16)2)32(30,31)29-11-9-28(10-12-29)23-15-22(25-19(4)26-23)27-21-7-5-6-8-24-21/h5-8,13-15H,9-12H2,1-4H3,(H,24,25,26,27). The largest absolute Gasteiger partial charge is 0.354 e. The van der Waals surface area contributed by atoms with E-state index in [4.69, 9.17) is 0 Å². The lowest BCUT2D eigenvalue weighted by atomic mass is 10.1. The second-order valence-corrected chi connectivity index (χ2v) is 10.00. The number of hydrogen-bond acceptors (Lipinski definition) is 7. The van der Waals surface area contributed by atoms with Gasteiger partial charge in [-0.15, -0.1) is 0 Å². The van der Waals surface area contributed by atoms with Crippen LogP contribution in [0.4, 0.5) is 17.5 Å². The Hall–Kier alpha value is -3.04. The maximum absolute atomic E-state index is 13.3. The van der Waals surface area contributed by atoms with Crippen LogP contribution in [0.15, 0.2) is 47.5 Å². The predicted octanol–water partition coefficient (Wildman–Crippen LogP) is 3.36. The minimum Gasteiger partial charge on any atom is -0.354 e. The molecule has 8 nitrogen and oxygen atoms in total. The zero-order valence-corrected chi connectivity index (χ0v) is 19.6. The third kappa shape index (κ3) is 4.58. The molecule has 32 heavy (non-hydrogen) atoms. The van der Waals surface area contributed by atoms with E-state index < -0.39 is 10.0 Å². The number of aromatic nitrogens is 3. The highest BCUT2D eigenvalue weighted by molar-refractivity contribution is 7.89. The lowest BCUT2D eigenvalue weighted by Gasteiger charge is -2.35. The number of anilines is 3. The summed E-state index contributed by atoms with van der Waals surface area (Å²) in [5.41, 5.74) is 2.87. The van der Waals surface area contributed by atoms with Gasteiger partial charge in [-0.2, -0.15) is 4.31 Å². The highest BCUT2D eigenvalue weighted by atomic mass is 32.2. The van der Waals surface area contributed by atoms with Crippen LogP contribution in [0.5, 0.6) is 0 Å². The van der Waals surface area contributed by atoms with E-state index in [1.54, 1.807) is 16.6 Å². The van der Waals surface area contributed by atoms with E-state index >= 15 is 0 Å². The van der Waals surface area contributed by atoms with Crippen molar-refractivity contribution in [1.29, 1.82) is 0 Å². The quantitative estimate of drug-likeness (QED) is 0.635. The number of pyridine rings is 1. The Morgan fingerprint density at radius 2 is 1.56 bits per heavy atom. The Bertz CT molecular complexity index is 1220. The third-order valence-corrected chi connectivity index (χ3v) is 7.76. The van der Waals surface area contributed by atoms with Gasteiger partial charge >= 0.3 is 0 Å². The van der Waals surface area contributed by atoms with Crippen LogP contribution in [0.2, 0.25) is 0 Å². The van der Waals surface area contributed by atoms with Crippen molar-refractivity contribution < 1.29 is 8.42 Å². The smallest absolute Gasteiger partial charge is 0.243 e. The Balaban J connectivity index is 1.50. The molecule has 0 saturated carbocycles. The van der Waals surface area contributed by atoms with Gasteiger partial charge in [-0.1, -0.05) is 12.1 Å². The summed E-state index contributed by atoms with van der Waals surface area (Å²) in [6, 6.07) is 11.2. The van der Waals surface area contributed by atoms with Crippen molar-refractivity contribution in [2.75, 3.05) is 36.4 Å². The maximum atomic E-state index is 13.3. The van der Waals surface area contributed by atoms with Gasteiger partial charge < -0.3 is 10.2 Å². The number of hydrogen-bond donors (Lipinski definition) is 1. The first kappa shape index (κ1) is 22.2. The van der Waals surface area contributed by atoms with Gasteiger partial charge in [0.2, 0.25) is 10.0 Å². The van der Waals surface area contributed by atoms with Gasteiger partial charge in [-0.05, 0) is 62.6 Å². The molecule has 1 fully saturated rings. The first-order chi connectivity index (χ1) is 15.2. The minimum atomic E-state index is -3.54. The number of aryl methyl sites for hydroxylation is 4. The summed E-state index contributed by atoms with van der Waals surface area (Å²) in [6.07, 6.45) is 1.72. The zero-order chi connectivity index (χ0) is 22.9. The van der Waals surface area contributed by atoms with Crippen LogP contribution in [-0.2, 0) is 10.0 Å². The Morgan fingerprint density at radius 1 is 0.844 bits per heavy atom. The average Bonchev–Trinajstić information content (AvgIpc) is 2.76. The van der Waals surface area contributed by atoms with Crippen LogP contribution in [-0.4, -0.2) is 53.9 Å². The molecule has 9 heteroatoms. The van der Waals surface area contributed by atoms with Crippen molar-refractivity contribution in [3.8, 4) is 0 Å². The van der Waals surface area contributed by atoms with E-state index in [1.807, 2.05) is 58.0 Å². The van der Waals surface area contributed by atoms with E-state index in [1.165, 1.54) is 0 Å². The molecule has 0 aliphatic carbocycles. The van der Waals surface area contributed by atoms with Crippen molar-refractivity contribution in [2.24, 2.45) is 0 Å². The van der Waals surface area contributed by atoms with Crippen LogP contribution in [0, 0.1) is 27.7 Å². The molecule has 0 bridgehead atoms. The fourth-order valence-electron chi connectivity index (χ4n) is 3.85. The lowest BCUT2D eigenvalue weighted by molar-refractivity contribution is 0.383. The third-order valence-electron chi connectivity index (χ3n) is 5.72. The molecule has 168 valence electrons. The first-order valence-electron chi connectivity index (χ1n) is 10.6. The van der Waals surface area contributed by atoms with Gasteiger partial charge in [0, 0.05) is 38.4 Å². The molecule has 4 rings (SSSR count). The number of nitrogens with one attached hydrogen (secondary N) is 1. The normalized spacial score (nSPS) is 15.1. The van der Waals surface area contributed by atoms with Crippen molar-refractivity contribution in [3.05, 3.63) is 65.1 Å². The summed E-state index contributed by atoms with van der Waals surface area (Å²) in [6.45, 7) is 9.57. The molecule has 0 amide bonds. The molecule has 1 N–H and O–H groups in total. The molecule has 1 aromatic carbocycles. The number of benzene rings is 1. The molecule has 0 spiro atoms. The van der Waals surface area contributed by atoms with Gasteiger partial charge in [0.15, 0.2) is 0 Å².